The van der Waals surface area contributed by atoms with Gasteiger partial charge >= 0.3 is 103 Å². The number of carbonyl (C=O) groups excluding carboxylic acids is 1. The van der Waals surface area contributed by atoms with Crippen molar-refractivity contribution in [1.29, 1.82) is 0 Å². The third-order valence-electron chi connectivity index (χ3n) is 1.37. The largest absolute Gasteiger partial charge is 1.00 e. The summed E-state index contributed by atoms with van der Waals surface area (Å²) in [6, 6.07) is 0. The second-order valence-corrected chi connectivity index (χ2v) is 6.96. The first-order chi connectivity index (χ1) is 12.3. The maximum atomic E-state index is 9.96. The zero-order valence-electron chi connectivity index (χ0n) is 16.9. The van der Waals surface area contributed by atoms with Gasteiger partial charge < -0.3 is 11.6 Å². The number of hydrogen-bond acceptors (Lipinski definition) is 7. The molecular weight excluding hydrogens is 749 g/mol. The average molecular weight is 766 g/mol. The van der Waals surface area contributed by atoms with Crippen LogP contribution in [0.1, 0.15) is 16.6 Å². The Balaban J connectivity index is -0.0000000599. The topological polar surface area (TPSA) is 122 Å². The van der Waals surface area contributed by atoms with Crippen LogP contribution in [-0.4, -0.2) is 49.4 Å². The van der Waals surface area contributed by atoms with Gasteiger partial charge in [-0.1, -0.05) is 22.9 Å². The van der Waals surface area contributed by atoms with Gasteiger partial charge in [-0.3, -0.25) is 9.18 Å². The quantitative estimate of drug-likeness (QED) is 0.120. The molecule has 2 aromatic heterocycles. The number of aryl methyl sites for hydroxylation is 1. The molecule has 0 radical (unpaired) electrons. The molecule has 0 fully saturated rings. The molecule has 0 amide bonds. The SMILES string of the molecule is Brc1n[nH]nc1Br.CCBr.CCn1nc(Br)c(Br)n1.O=CO[O-].[2H]CF.[H-].[K+].[K+]. The summed E-state index contributed by atoms with van der Waals surface area (Å²) in [5.41, 5.74) is 0. The standard InChI is InChI=1S/C4H5Br2N3.C2HBr2N3.C2H5Br.CH3F.CH2O3.2K.H/c1-2-9-7-3(5)4(6)8-9;3-1-2(4)6-7-5-1;1-2-3;1-2;2-1-4-3;;;/h2H2,1H3;(H,5,6,7);2H2,1H3;1H3;1,3H;;;/q;;;;;2*+1;-1/p-1/i;;;1D;;;;. The van der Waals surface area contributed by atoms with Crippen LogP contribution in [-0.2, 0) is 16.2 Å². The smallest absolute Gasteiger partial charge is 1.00 e. The minimum atomic E-state index is -1.00. The summed E-state index contributed by atoms with van der Waals surface area (Å²) in [5, 5.41) is 27.2. The number of hydrogen-bond donors (Lipinski definition) is 1. The summed E-state index contributed by atoms with van der Waals surface area (Å²) in [6.45, 7) is 4.64. The summed E-state index contributed by atoms with van der Waals surface area (Å²) in [6.07, 6.45) is 0. The van der Waals surface area contributed by atoms with Crippen molar-refractivity contribution < 1.29 is 125 Å². The van der Waals surface area contributed by atoms with E-state index in [1.165, 1.54) is 0 Å². The summed E-state index contributed by atoms with van der Waals surface area (Å²) >= 11 is 15.8. The molecule has 9 nitrogen and oxygen atoms in total. The molecule has 2 heterocycles. The van der Waals surface area contributed by atoms with Gasteiger partial charge in [-0.15, -0.1) is 20.4 Å². The van der Waals surface area contributed by atoms with Crippen LogP contribution < -0.4 is 108 Å². The third kappa shape index (κ3) is 27.3. The van der Waals surface area contributed by atoms with Crippen molar-refractivity contribution in [3.8, 4) is 0 Å². The molecule has 2 aromatic rings. The van der Waals surface area contributed by atoms with Crippen LogP contribution >= 0.6 is 79.6 Å². The molecule has 1 N–H and O–H groups in total. The van der Waals surface area contributed by atoms with Crippen molar-refractivity contribution in [3.05, 3.63) is 18.4 Å². The van der Waals surface area contributed by atoms with Gasteiger partial charge in [0.2, 0.25) is 0 Å². The molecule has 0 bridgehead atoms. The second kappa shape index (κ2) is 31.5. The molecule has 0 atom stereocenters. The number of nitrogens with zero attached hydrogens (tertiary/aromatic N) is 5. The Morgan fingerprint density at radius 2 is 1.48 bits per heavy atom. The fraction of sp³-hybridized carbons (Fsp3) is 0.500. The molecule has 0 aliphatic rings. The fourth-order valence-corrected chi connectivity index (χ4v) is 1.51. The normalized spacial score (nSPS) is 7.96. The van der Waals surface area contributed by atoms with Crippen molar-refractivity contribution in [3.63, 3.8) is 0 Å². The Bertz CT molecular complexity index is 542. The molecule has 0 spiro atoms. The van der Waals surface area contributed by atoms with E-state index in [0.717, 1.165) is 21.1 Å². The van der Waals surface area contributed by atoms with Gasteiger partial charge in [0.1, 0.15) is 0 Å². The van der Waals surface area contributed by atoms with Gasteiger partial charge in [0, 0.05) is 5.33 Å². The predicted molar refractivity (Wildman–Crippen MR) is 108 cm³/mol. The minimum Gasteiger partial charge on any atom is -1.00 e. The van der Waals surface area contributed by atoms with Gasteiger partial charge in [-0.25, -0.2) is 0 Å². The molecule has 0 aromatic carbocycles. The summed E-state index contributed by atoms with van der Waals surface area (Å²) < 4.78 is 18.4. The van der Waals surface area contributed by atoms with E-state index in [1.54, 1.807) is 4.80 Å². The molecule has 0 unspecified atom stereocenters. The van der Waals surface area contributed by atoms with Gasteiger partial charge in [-0.05, 0) is 70.6 Å². The Morgan fingerprint density at radius 3 is 1.59 bits per heavy atom. The van der Waals surface area contributed by atoms with Gasteiger partial charge in [-0.2, -0.15) is 10.0 Å². The second-order valence-electron chi connectivity index (χ2n) is 2.84. The molecule has 0 aliphatic heterocycles. The summed E-state index contributed by atoms with van der Waals surface area (Å²) in [4.78, 5) is 12.9. The van der Waals surface area contributed by atoms with E-state index >= 15 is 0 Å². The Morgan fingerprint density at radius 1 is 1.19 bits per heavy atom. The van der Waals surface area contributed by atoms with Crippen molar-refractivity contribution in [1.82, 2.24) is 30.4 Å². The van der Waals surface area contributed by atoms with Crippen molar-refractivity contribution in [2.75, 3.05) is 12.5 Å². The number of nitrogens with one attached hydrogen (secondary N) is 1. The first-order valence-corrected chi connectivity index (χ1v) is 10.2. The molecule has 148 valence electrons. The first-order valence-electron chi connectivity index (χ1n) is 6.61. The number of aromatic nitrogens is 6. The van der Waals surface area contributed by atoms with Crippen LogP contribution in [0.15, 0.2) is 18.4 Å². The van der Waals surface area contributed by atoms with E-state index in [2.05, 4.69) is 110 Å². The van der Waals surface area contributed by atoms with E-state index in [-0.39, 0.29) is 111 Å². The van der Waals surface area contributed by atoms with Crippen molar-refractivity contribution >= 4 is 86.1 Å². The van der Waals surface area contributed by atoms with Gasteiger partial charge in [0.25, 0.3) is 6.47 Å². The van der Waals surface area contributed by atoms with E-state index in [4.69, 9.17) is 11.4 Å². The minimum absolute atomic E-state index is 0. The Kier molecular flexibility index (Phi) is 43.9. The summed E-state index contributed by atoms with van der Waals surface area (Å²) in [7, 11) is -1.00. The zero-order chi connectivity index (χ0) is 21.0. The molecule has 27 heavy (non-hydrogen) atoms. The van der Waals surface area contributed by atoms with Crippen LogP contribution in [0.25, 0.3) is 0 Å². The molecule has 2 rings (SSSR count). The number of aromatic amines is 1. The van der Waals surface area contributed by atoms with Gasteiger partial charge in [0.15, 0.2) is 18.4 Å². The maximum absolute atomic E-state index is 9.96. The Hall–Kier alpha value is 3.31. The van der Waals surface area contributed by atoms with Crippen molar-refractivity contribution in [2.45, 2.75) is 20.4 Å². The van der Waals surface area contributed by atoms with E-state index < -0.39 is 7.15 Å². The Labute approximate surface area is 286 Å². The number of rotatable bonds is 2. The average Bonchev–Trinajstić information content (AvgIpc) is 3.14. The van der Waals surface area contributed by atoms with Crippen LogP contribution in [0.2, 0.25) is 0 Å². The van der Waals surface area contributed by atoms with Crippen LogP contribution in [0, 0.1) is 0 Å². The van der Waals surface area contributed by atoms with E-state index in [1.807, 2.05) is 13.8 Å². The number of alkyl halides is 2. The van der Waals surface area contributed by atoms with Crippen molar-refractivity contribution in [2.24, 2.45) is 0 Å². The zero-order valence-corrected chi connectivity index (χ0v) is 29.1. The molecule has 0 saturated heterocycles. The predicted octanol–water partition coefficient (Wildman–Crippen LogP) is -2.31. The fourth-order valence-electron chi connectivity index (χ4n) is 0.654. The maximum Gasteiger partial charge on any atom is 1.00 e. The molecular formula is C10H16Br5FK2N6O3. The molecule has 0 aliphatic carbocycles. The monoisotopic (exact) mass is 761 g/mol. The third-order valence-corrected chi connectivity index (χ3v) is 4.60. The van der Waals surface area contributed by atoms with Gasteiger partial charge in [0.05, 0.1) is 15.1 Å². The van der Waals surface area contributed by atoms with E-state index in [0.29, 0.717) is 9.21 Å². The number of H-pyrrole nitrogens is 1. The molecule has 0 saturated carbocycles. The van der Waals surface area contributed by atoms with Crippen LogP contribution in [0.4, 0.5) is 4.39 Å². The van der Waals surface area contributed by atoms with E-state index in [9.17, 15) is 4.39 Å². The van der Waals surface area contributed by atoms with Crippen LogP contribution in [0.3, 0.4) is 0 Å². The number of halogens is 6. The number of carbonyl (C=O) groups is 1. The first kappa shape index (κ1) is 37.6. The summed E-state index contributed by atoms with van der Waals surface area (Å²) in [5.74, 6) is 0. The van der Waals surface area contributed by atoms with Crippen LogP contribution in [0.5, 0.6) is 0 Å². The molecule has 17 heteroatoms.